The molecule has 0 unspecified atom stereocenters. The second kappa shape index (κ2) is 10.9. The first kappa shape index (κ1) is 24.4. The Morgan fingerprint density at radius 3 is 2.52 bits per heavy atom. The third-order valence-corrected chi connectivity index (χ3v) is 5.11. The van der Waals surface area contributed by atoms with Crippen LogP contribution in [0, 0.1) is 5.92 Å². The van der Waals surface area contributed by atoms with Gasteiger partial charge in [-0.3, -0.25) is 23.9 Å². The molecular formula is C21H33N5O5. The van der Waals surface area contributed by atoms with Gasteiger partial charge in [-0.1, -0.05) is 27.2 Å². The molecule has 0 aliphatic heterocycles. The van der Waals surface area contributed by atoms with Crippen LogP contribution in [-0.4, -0.2) is 56.6 Å². The number of ether oxygens (including phenoxy) is 1. The summed E-state index contributed by atoms with van der Waals surface area (Å²) in [4.78, 5) is 57.3. The molecule has 0 fully saturated rings. The highest BCUT2D eigenvalue weighted by atomic mass is 16.5. The predicted molar refractivity (Wildman–Crippen MR) is 117 cm³/mol. The highest BCUT2D eigenvalue weighted by Crippen LogP contribution is 2.16. The van der Waals surface area contributed by atoms with Gasteiger partial charge >= 0.3 is 11.7 Å². The second-order valence-corrected chi connectivity index (χ2v) is 8.11. The number of H-pyrrole nitrogens is 1. The van der Waals surface area contributed by atoms with E-state index in [2.05, 4.69) is 14.7 Å². The Balaban J connectivity index is 2.34. The van der Waals surface area contributed by atoms with E-state index < -0.39 is 11.2 Å². The molecule has 0 radical (unpaired) electrons. The molecular weight excluding hydrogens is 402 g/mol. The molecule has 10 nitrogen and oxygen atoms in total. The Kier molecular flexibility index (Phi) is 8.58. The number of carbonyl (C=O) groups excluding carboxylic acids is 2. The molecule has 10 heteroatoms. The fourth-order valence-corrected chi connectivity index (χ4v) is 3.39. The molecule has 31 heavy (non-hydrogen) atoms. The van der Waals surface area contributed by atoms with E-state index in [0.29, 0.717) is 36.5 Å². The van der Waals surface area contributed by atoms with E-state index in [0.717, 1.165) is 12.8 Å². The predicted octanol–water partition coefficient (Wildman–Crippen LogP) is 1.30. The number of hydrogen-bond donors (Lipinski definition) is 1. The van der Waals surface area contributed by atoms with Gasteiger partial charge in [0.1, 0.15) is 5.82 Å². The highest BCUT2D eigenvalue weighted by molar-refractivity contribution is 5.77. The number of aryl methyl sites for hydroxylation is 2. The normalized spacial score (nSPS) is 11.3. The third kappa shape index (κ3) is 6.05. The molecule has 2 aromatic rings. The average molecular weight is 436 g/mol. The maximum Gasteiger partial charge on any atom is 0.330 e. The van der Waals surface area contributed by atoms with Crippen molar-refractivity contribution in [2.45, 2.75) is 66.0 Å². The van der Waals surface area contributed by atoms with Gasteiger partial charge < -0.3 is 14.2 Å². The van der Waals surface area contributed by atoms with Gasteiger partial charge in [0, 0.05) is 39.5 Å². The van der Waals surface area contributed by atoms with Crippen LogP contribution < -0.4 is 11.2 Å². The van der Waals surface area contributed by atoms with Gasteiger partial charge in [0.25, 0.3) is 5.56 Å². The summed E-state index contributed by atoms with van der Waals surface area (Å²) in [5.41, 5.74) is -0.200. The maximum atomic E-state index is 12.6. The van der Waals surface area contributed by atoms with Crippen molar-refractivity contribution in [3.05, 3.63) is 26.7 Å². The number of aromatic nitrogens is 4. The first-order valence-electron chi connectivity index (χ1n) is 10.7. The van der Waals surface area contributed by atoms with E-state index in [1.807, 2.05) is 25.3 Å². The Morgan fingerprint density at radius 2 is 1.90 bits per heavy atom. The summed E-state index contributed by atoms with van der Waals surface area (Å²) in [5, 5.41) is 0. The number of nitrogens with zero attached hydrogens (tertiary/aromatic N) is 4. The van der Waals surface area contributed by atoms with Crippen LogP contribution in [0.2, 0.25) is 0 Å². The Labute approximate surface area is 181 Å². The summed E-state index contributed by atoms with van der Waals surface area (Å²) in [7, 11) is 2.95. The molecule has 172 valence electrons. The lowest BCUT2D eigenvalue weighted by molar-refractivity contribution is -0.141. The van der Waals surface area contributed by atoms with Crippen LogP contribution in [0.15, 0.2) is 9.59 Å². The van der Waals surface area contributed by atoms with E-state index in [9.17, 15) is 19.2 Å². The van der Waals surface area contributed by atoms with Gasteiger partial charge in [-0.2, -0.15) is 0 Å². The summed E-state index contributed by atoms with van der Waals surface area (Å²) in [5.74, 6) is 0.330. The molecule has 0 bridgehead atoms. The number of unbranched alkanes of at least 4 members (excludes halogenated alkanes) is 1. The lowest BCUT2D eigenvalue weighted by atomic mass is 10.2. The first-order chi connectivity index (χ1) is 14.7. The smallest absolute Gasteiger partial charge is 0.330 e. The van der Waals surface area contributed by atoms with Crippen LogP contribution in [0.5, 0.6) is 0 Å². The quantitative estimate of drug-likeness (QED) is 0.531. The van der Waals surface area contributed by atoms with Gasteiger partial charge in [0.05, 0.1) is 13.5 Å². The molecule has 2 aromatic heterocycles. The largest absolute Gasteiger partial charge is 0.469 e. The van der Waals surface area contributed by atoms with Crippen LogP contribution in [-0.2, 0) is 33.8 Å². The molecule has 0 saturated heterocycles. The van der Waals surface area contributed by atoms with Gasteiger partial charge in [-0.05, 0) is 12.3 Å². The maximum absolute atomic E-state index is 12.6. The van der Waals surface area contributed by atoms with Crippen LogP contribution in [0.3, 0.4) is 0 Å². The number of amides is 1. The number of imidazole rings is 1. The molecule has 1 N–H and O–H groups in total. The van der Waals surface area contributed by atoms with Crippen molar-refractivity contribution in [3.8, 4) is 0 Å². The molecule has 1 amide bonds. The number of nitrogens with one attached hydrogen (secondary N) is 1. The standard InChI is InChI=1S/C21H33N5O5/c1-6-7-11-25-19-18(20(29)23-21(25)30)26(13-14(2)3)15(22-19)8-9-16(27)24(4)12-10-17(28)31-5/h14H,6-13H2,1-5H3,(H,23,29,30). The topological polar surface area (TPSA) is 119 Å². The summed E-state index contributed by atoms with van der Waals surface area (Å²) in [6.45, 7) is 7.37. The molecule has 2 heterocycles. The summed E-state index contributed by atoms with van der Waals surface area (Å²) in [6.07, 6.45) is 2.32. The Morgan fingerprint density at radius 1 is 1.19 bits per heavy atom. The summed E-state index contributed by atoms with van der Waals surface area (Å²) in [6, 6.07) is 0. The van der Waals surface area contributed by atoms with E-state index in [-0.39, 0.29) is 37.2 Å². The van der Waals surface area contributed by atoms with Crippen LogP contribution in [0.1, 0.15) is 52.3 Å². The number of carbonyl (C=O) groups is 2. The highest BCUT2D eigenvalue weighted by Gasteiger charge is 2.20. The van der Waals surface area contributed by atoms with E-state index in [1.54, 1.807) is 7.05 Å². The summed E-state index contributed by atoms with van der Waals surface area (Å²) < 4.78 is 7.93. The zero-order valence-electron chi connectivity index (χ0n) is 19.1. The SMILES string of the molecule is CCCCn1c(=O)[nH]c(=O)c2c1nc(CCC(=O)N(C)CCC(=O)OC)n2CC(C)C. The van der Waals surface area contributed by atoms with Gasteiger partial charge in [-0.15, -0.1) is 0 Å². The minimum absolute atomic E-state index is 0.129. The van der Waals surface area contributed by atoms with Gasteiger partial charge in [0.2, 0.25) is 5.91 Å². The monoisotopic (exact) mass is 435 g/mol. The summed E-state index contributed by atoms with van der Waals surface area (Å²) >= 11 is 0. The molecule has 0 spiro atoms. The van der Waals surface area contributed by atoms with Gasteiger partial charge in [-0.25, -0.2) is 9.78 Å². The minimum atomic E-state index is -0.467. The molecule has 0 saturated carbocycles. The average Bonchev–Trinajstić information content (AvgIpc) is 3.07. The number of methoxy groups -OCH3 is 1. The molecule has 0 aromatic carbocycles. The fraction of sp³-hybridized carbons (Fsp3) is 0.667. The lowest BCUT2D eigenvalue weighted by Crippen LogP contribution is -2.31. The van der Waals surface area contributed by atoms with E-state index in [4.69, 9.17) is 0 Å². The number of aromatic amines is 1. The zero-order valence-corrected chi connectivity index (χ0v) is 19.1. The number of esters is 1. The molecule has 2 rings (SSSR count). The van der Waals surface area contributed by atoms with Crippen molar-refractivity contribution in [1.82, 2.24) is 24.0 Å². The van der Waals surface area contributed by atoms with Crippen LogP contribution >= 0.6 is 0 Å². The molecule has 0 atom stereocenters. The van der Waals surface area contributed by atoms with Gasteiger partial charge in [0.15, 0.2) is 11.2 Å². The van der Waals surface area contributed by atoms with Crippen molar-refractivity contribution in [1.29, 1.82) is 0 Å². The first-order valence-corrected chi connectivity index (χ1v) is 10.7. The van der Waals surface area contributed by atoms with Crippen LogP contribution in [0.4, 0.5) is 0 Å². The third-order valence-electron chi connectivity index (χ3n) is 5.11. The van der Waals surface area contributed by atoms with Crippen molar-refractivity contribution < 1.29 is 14.3 Å². The van der Waals surface area contributed by atoms with Crippen LogP contribution in [0.25, 0.3) is 11.2 Å². The minimum Gasteiger partial charge on any atom is -0.469 e. The molecule has 0 aliphatic carbocycles. The van der Waals surface area contributed by atoms with Crippen molar-refractivity contribution in [2.75, 3.05) is 20.7 Å². The van der Waals surface area contributed by atoms with Crippen molar-refractivity contribution in [2.24, 2.45) is 5.92 Å². The fourth-order valence-electron chi connectivity index (χ4n) is 3.39. The second-order valence-electron chi connectivity index (χ2n) is 8.11. The molecule has 0 aliphatic rings. The number of fused-ring (bicyclic) bond motifs is 1. The van der Waals surface area contributed by atoms with E-state index >= 15 is 0 Å². The number of hydrogen-bond acceptors (Lipinski definition) is 6. The van der Waals surface area contributed by atoms with E-state index in [1.165, 1.54) is 16.6 Å². The Hall–Kier alpha value is -2.91. The zero-order chi connectivity index (χ0) is 23.1. The van der Waals surface area contributed by atoms with Crippen molar-refractivity contribution in [3.63, 3.8) is 0 Å². The Bertz CT molecular complexity index is 1030. The number of rotatable bonds is 11. The van der Waals surface area contributed by atoms with Crippen molar-refractivity contribution >= 4 is 23.0 Å². The lowest BCUT2D eigenvalue weighted by Gasteiger charge is -2.17.